The molecule has 0 aliphatic carbocycles. The third-order valence-corrected chi connectivity index (χ3v) is 6.25. The molecule has 3 unspecified atom stereocenters. The molecular formula is C27H31F3N4O3. The van der Waals surface area contributed by atoms with Crippen LogP contribution in [0.2, 0.25) is 0 Å². The molecule has 0 fully saturated rings. The molecule has 0 aliphatic heterocycles. The molecule has 198 valence electrons. The van der Waals surface area contributed by atoms with Crippen molar-refractivity contribution < 1.29 is 27.9 Å². The van der Waals surface area contributed by atoms with Crippen molar-refractivity contribution in [3.05, 3.63) is 71.5 Å². The fourth-order valence-electron chi connectivity index (χ4n) is 4.17. The van der Waals surface area contributed by atoms with Crippen LogP contribution in [-0.2, 0) is 17.4 Å². The van der Waals surface area contributed by atoms with Crippen LogP contribution < -0.4 is 11.1 Å². The minimum atomic E-state index is -4.62. The van der Waals surface area contributed by atoms with E-state index in [1.807, 2.05) is 13.8 Å². The minimum absolute atomic E-state index is 0.0498. The monoisotopic (exact) mass is 516 g/mol. The lowest BCUT2D eigenvalue weighted by Gasteiger charge is -2.28. The largest absolute Gasteiger partial charge is 0.416 e. The van der Waals surface area contributed by atoms with Gasteiger partial charge in [0.05, 0.1) is 34.9 Å². The maximum absolute atomic E-state index is 13.6. The van der Waals surface area contributed by atoms with Crippen molar-refractivity contribution in [2.45, 2.75) is 57.9 Å². The number of primary amides is 1. The normalized spacial score (nSPS) is 14.4. The minimum Gasteiger partial charge on any atom is -0.391 e. The van der Waals surface area contributed by atoms with E-state index in [4.69, 9.17) is 5.73 Å². The predicted molar refractivity (Wildman–Crippen MR) is 133 cm³/mol. The van der Waals surface area contributed by atoms with Crippen LogP contribution in [0.1, 0.15) is 54.7 Å². The molecule has 1 aromatic heterocycles. The number of carbonyl (C=O) groups is 2. The number of aromatic nitrogens is 2. The number of aliphatic hydroxyl groups excluding tert-OH is 1. The Kier molecular flexibility index (Phi) is 9.20. The Balaban J connectivity index is 1.89. The molecule has 2 aromatic carbocycles. The predicted octanol–water partition coefficient (Wildman–Crippen LogP) is 4.28. The summed E-state index contributed by atoms with van der Waals surface area (Å²) in [4.78, 5) is 33.6. The number of hydrogen-bond acceptors (Lipinski definition) is 5. The zero-order chi connectivity index (χ0) is 27.2. The van der Waals surface area contributed by atoms with Crippen molar-refractivity contribution in [2.24, 2.45) is 17.6 Å². The van der Waals surface area contributed by atoms with Gasteiger partial charge in [0.25, 0.3) is 5.91 Å². The van der Waals surface area contributed by atoms with Crippen LogP contribution in [0.3, 0.4) is 0 Å². The molecule has 0 bridgehead atoms. The number of rotatable bonds is 11. The number of fused-ring (bicyclic) bond motifs is 1. The number of amides is 2. The van der Waals surface area contributed by atoms with Crippen LogP contribution in [-0.4, -0.2) is 39.0 Å². The summed E-state index contributed by atoms with van der Waals surface area (Å²) in [5.74, 6) is -1.72. The lowest BCUT2D eigenvalue weighted by atomic mass is 9.88. The third-order valence-electron chi connectivity index (χ3n) is 6.25. The summed E-state index contributed by atoms with van der Waals surface area (Å²) in [6.07, 6.45) is -4.03. The summed E-state index contributed by atoms with van der Waals surface area (Å²) in [6.45, 7) is 3.96. The van der Waals surface area contributed by atoms with E-state index in [1.165, 1.54) is 24.4 Å². The van der Waals surface area contributed by atoms with Crippen LogP contribution in [0.25, 0.3) is 11.0 Å². The Hall–Kier alpha value is -3.53. The maximum Gasteiger partial charge on any atom is 0.416 e. The second-order valence-electron chi connectivity index (χ2n) is 9.56. The summed E-state index contributed by atoms with van der Waals surface area (Å²) in [5.41, 5.74) is 5.58. The Morgan fingerprint density at radius 1 is 1.03 bits per heavy atom. The fraction of sp³-hybridized carbons (Fsp3) is 0.407. The summed E-state index contributed by atoms with van der Waals surface area (Å²) >= 11 is 0. The van der Waals surface area contributed by atoms with Gasteiger partial charge >= 0.3 is 6.18 Å². The molecule has 0 saturated carbocycles. The van der Waals surface area contributed by atoms with Crippen LogP contribution >= 0.6 is 0 Å². The van der Waals surface area contributed by atoms with Crippen LogP contribution in [0.5, 0.6) is 0 Å². The number of aliphatic hydroxyl groups is 1. The van der Waals surface area contributed by atoms with E-state index in [0.717, 1.165) is 6.07 Å². The molecule has 7 nitrogen and oxygen atoms in total. The topological polar surface area (TPSA) is 118 Å². The highest BCUT2D eigenvalue weighted by molar-refractivity contribution is 5.94. The van der Waals surface area contributed by atoms with E-state index in [-0.39, 0.29) is 24.1 Å². The van der Waals surface area contributed by atoms with Gasteiger partial charge in [-0.05, 0) is 48.9 Å². The molecule has 3 rings (SSSR count). The Morgan fingerprint density at radius 2 is 1.68 bits per heavy atom. The summed E-state index contributed by atoms with van der Waals surface area (Å²) in [5, 5.41) is 13.7. The van der Waals surface area contributed by atoms with Crippen molar-refractivity contribution in [3.63, 3.8) is 0 Å². The number of carbonyl (C=O) groups excluding carboxylic acids is 2. The fourth-order valence-corrected chi connectivity index (χ4v) is 4.17. The SMILES string of the molecule is CC(C)CCC(CC(O)C(Cc1ccccc1C(F)(F)F)NC(=O)c1cnc2ccccc2n1)C(N)=O. The number of alkyl halides is 3. The molecule has 0 aliphatic rings. The van der Waals surface area contributed by atoms with E-state index in [0.29, 0.717) is 29.8 Å². The van der Waals surface area contributed by atoms with Crippen molar-refractivity contribution in [1.29, 1.82) is 0 Å². The molecule has 0 radical (unpaired) electrons. The van der Waals surface area contributed by atoms with E-state index in [1.54, 1.807) is 24.3 Å². The highest BCUT2D eigenvalue weighted by atomic mass is 19.4. The average Bonchev–Trinajstić information content (AvgIpc) is 2.85. The zero-order valence-corrected chi connectivity index (χ0v) is 20.7. The van der Waals surface area contributed by atoms with Crippen molar-refractivity contribution in [3.8, 4) is 0 Å². The summed E-state index contributed by atoms with van der Waals surface area (Å²) in [7, 11) is 0. The Morgan fingerprint density at radius 3 is 2.32 bits per heavy atom. The molecule has 0 saturated heterocycles. The lowest BCUT2D eigenvalue weighted by Crippen LogP contribution is -2.47. The maximum atomic E-state index is 13.6. The van der Waals surface area contributed by atoms with Gasteiger partial charge in [-0.2, -0.15) is 13.2 Å². The Labute approximate surface area is 213 Å². The first-order valence-corrected chi connectivity index (χ1v) is 12.1. The van der Waals surface area contributed by atoms with E-state index < -0.39 is 41.6 Å². The molecule has 1 heterocycles. The zero-order valence-electron chi connectivity index (χ0n) is 20.7. The quantitative estimate of drug-likeness (QED) is 0.352. The number of hydrogen-bond donors (Lipinski definition) is 3. The smallest absolute Gasteiger partial charge is 0.391 e. The molecule has 2 amide bonds. The first-order chi connectivity index (χ1) is 17.5. The summed E-state index contributed by atoms with van der Waals surface area (Å²) in [6, 6.07) is 10.7. The number of nitrogens with one attached hydrogen (secondary N) is 1. The van der Waals surface area contributed by atoms with Gasteiger partial charge in [0, 0.05) is 5.92 Å². The molecule has 4 N–H and O–H groups in total. The van der Waals surface area contributed by atoms with Crippen molar-refractivity contribution >= 4 is 22.8 Å². The number of nitrogens with zero attached hydrogens (tertiary/aromatic N) is 2. The highest BCUT2D eigenvalue weighted by Gasteiger charge is 2.35. The number of para-hydroxylation sites is 2. The molecule has 37 heavy (non-hydrogen) atoms. The number of halogens is 3. The van der Waals surface area contributed by atoms with Gasteiger partial charge in [0.15, 0.2) is 0 Å². The number of benzene rings is 2. The van der Waals surface area contributed by atoms with Gasteiger partial charge < -0.3 is 16.2 Å². The van der Waals surface area contributed by atoms with Gasteiger partial charge in [-0.15, -0.1) is 0 Å². The van der Waals surface area contributed by atoms with Gasteiger partial charge in [-0.25, -0.2) is 4.98 Å². The molecule has 10 heteroatoms. The van der Waals surface area contributed by atoms with Crippen LogP contribution in [0.15, 0.2) is 54.7 Å². The van der Waals surface area contributed by atoms with Gasteiger partial charge in [0.1, 0.15) is 5.69 Å². The highest BCUT2D eigenvalue weighted by Crippen LogP contribution is 2.33. The number of nitrogens with two attached hydrogens (primary N) is 1. The van der Waals surface area contributed by atoms with Gasteiger partial charge in [-0.3, -0.25) is 14.6 Å². The molecular weight excluding hydrogens is 485 g/mol. The van der Waals surface area contributed by atoms with Gasteiger partial charge in [-0.1, -0.05) is 50.6 Å². The van der Waals surface area contributed by atoms with E-state index in [2.05, 4.69) is 15.3 Å². The van der Waals surface area contributed by atoms with E-state index >= 15 is 0 Å². The molecule has 3 atom stereocenters. The van der Waals surface area contributed by atoms with Gasteiger partial charge in [0.2, 0.25) is 5.91 Å². The van der Waals surface area contributed by atoms with E-state index in [9.17, 15) is 27.9 Å². The van der Waals surface area contributed by atoms with Crippen LogP contribution in [0, 0.1) is 11.8 Å². The average molecular weight is 517 g/mol. The van der Waals surface area contributed by atoms with Crippen LogP contribution in [0.4, 0.5) is 13.2 Å². The molecule has 0 spiro atoms. The van der Waals surface area contributed by atoms with Crippen molar-refractivity contribution in [2.75, 3.05) is 0 Å². The Bertz CT molecular complexity index is 1230. The summed E-state index contributed by atoms with van der Waals surface area (Å²) < 4.78 is 40.9. The second-order valence-corrected chi connectivity index (χ2v) is 9.56. The third kappa shape index (κ3) is 7.72. The lowest BCUT2D eigenvalue weighted by molar-refractivity contribution is -0.138. The second kappa shape index (κ2) is 12.1. The first-order valence-electron chi connectivity index (χ1n) is 12.1. The first kappa shape index (κ1) is 28.0. The van der Waals surface area contributed by atoms with Crippen molar-refractivity contribution in [1.82, 2.24) is 15.3 Å². The molecule has 3 aromatic rings. The standard InChI is InChI=1S/C27H31F3N4O3/c1-16(2)11-12-18(25(31)36)14-24(35)22(13-17-7-3-4-8-19(17)27(28,29)30)34-26(37)23-15-32-20-9-5-6-10-21(20)33-23/h3-10,15-16,18,22,24,35H,11-14H2,1-2H3,(H2,31,36)(H,34,37).